The Morgan fingerprint density at radius 1 is 1.21 bits per heavy atom. The van der Waals surface area contributed by atoms with Crippen LogP contribution in [-0.4, -0.2) is 63.9 Å². The predicted molar refractivity (Wildman–Crippen MR) is 107 cm³/mol. The zero-order valence-electron chi connectivity index (χ0n) is 16.3. The number of hydrogen-bond donors (Lipinski definition) is 1. The molecule has 1 fully saturated rings. The number of ether oxygens (including phenoxy) is 2. The van der Waals surface area contributed by atoms with Gasteiger partial charge in [0.05, 0.1) is 19.3 Å². The van der Waals surface area contributed by atoms with Gasteiger partial charge in [-0.05, 0) is 30.7 Å². The number of carbonyl (C=O) groups excluding carboxylic acids is 1. The number of benzene rings is 1. The van der Waals surface area contributed by atoms with E-state index < -0.39 is 0 Å². The van der Waals surface area contributed by atoms with Crippen LogP contribution in [0.25, 0.3) is 11.2 Å². The summed E-state index contributed by atoms with van der Waals surface area (Å²) in [5, 5.41) is 4.70. The number of rotatable bonds is 7. The lowest BCUT2D eigenvalue weighted by molar-refractivity contribution is -0.132. The third-order valence-corrected chi connectivity index (χ3v) is 5.08. The van der Waals surface area contributed by atoms with E-state index in [9.17, 15) is 4.79 Å². The predicted octanol–water partition coefficient (Wildman–Crippen LogP) is 1.19. The topological polar surface area (TPSA) is 108 Å². The first-order chi connectivity index (χ1) is 14.2. The molecule has 0 spiro atoms. The molecule has 152 valence electrons. The number of nitrogens with zero attached hydrogens (tertiary/aromatic N) is 5. The van der Waals surface area contributed by atoms with Gasteiger partial charge in [-0.15, -0.1) is 0 Å². The van der Waals surface area contributed by atoms with Crippen molar-refractivity contribution in [3.63, 3.8) is 0 Å². The molecule has 1 aliphatic rings. The minimum Gasteiger partial charge on any atom is -0.497 e. The van der Waals surface area contributed by atoms with Crippen LogP contribution in [0.2, 0.25) is 0 Å². The van der Waals surface area contributed by atoms with Crippen LogP contribution in [0.5, 0.6) is 11.5 Å². The first-order valence-electron chi connectivity index (χ1n) is 9.61. The molecule has 2 aromatic heterocycles. The van der Waals surface area contributed by atoms with Gasteiger partial charge in [0.25, 0.3) is 5.91 Å². The average Bonchev–Trinajstić information content (AvgIpc) is 3.38. The highest BCUT2D eigenvalue weighted by atomic mass is 16.5. The van der Waals surface area contributed by atoms with Gasteiger partial charge < -0.3 is 20.1 Å². The monoisotopic (exact) mass is 396 g/mol. The number of fused-ring (bicyclic) bond motifs is 1. The summed E-state index contributed by atoms with van der Waals surface area (Å²) >= 11 is 0. The minimum atomic E-state index is -0.0416. The van der Waals surface area contributed by atoms with E-state index in [-0.39, 0.29) is 18.4 Å². The molecule has 1 saturated heterocycles. The summed E-state index contributed by atoms with van der Waals surface area (Å²) in [6.07, 6.45) is 4.16. The van der Waals surface area contributed by atoms with Crippen molar-refractivity contribution in [1.82, 2.24) is 24.6 Å². The fourth-order valence-electron chi connectivity index (χ4n) is 3.60. The summed E-state index contributed by atoms with van der Waals surface area (Å²) in [4.78, 5) is 23.3. The number of hydrogen-bond acceptors (Lipinski definition) is 7. The van der Waals surface area contributed by atoms with Gasteiger partial charge >= 0.3 is 0 Å². The number of methoxy groups -OCH3 is 1. The molecular weight excluding hydrogens is 372 g/mol. The van der Waals surface area contributed by atoms with Crippen LogP contribution >= 0.6 is 0 Å². The molecule has 0 radical (unpaired) electrons. The van der Waals surface area contributed by atoms with Crippen LogP contribution in [0.4, 0.5) is 0 Å². The Bertz CT molecular complexity index is 988. The molecule has 9 heteroatoms. The number of aromatic nitrogens is 4. The molecule has 9 nitrogen and oxygen atoms in total. The van der Waals surface area contributed by atoms with Crippen molar-refractivity contribution in [1.29, 1.82) is 0 Å². The highest BCUT2D eigenvalue weighted by Gasteiger charge is 2.31. The Hall–Kier alpha value is -3.20. The van der Waals surface area contributed by atoms with Gasteiger partial charge in [-0.1, -0.05) is 0 Å². The smallest absolute Gasteiger partial charge is 0.260 e. The first kappa shape index (κ1) is 19.1. The van der Waals surface area contributed by atoms with Crippen molar-refractivity contribution in [3.05, 3.63) is 42.4 Å². The highest BCUT2D eigenvalue weighted by molar-refractivity contribution is 5.79. The molecule has 2 N–H and O–H groups in total. The second-order valence-corrected chi connectivity index (χ2v) is 6.92. The second kappa shape index (κ2) is 8.44. The van der Waals surface area contributed by atoms with Crippen molar-refractivity contribution >= 4 is 17.1 Å². The van der Waals surface area contributed by atoms with E-state index in [4.69, 9.17) is 20.3 Å². The van der Waals surface area contributed by atoms with E-state index in [0.717, 1.165) is 29.0 Å². The molecule has 0 saturated carbocycles. The van der Waals surface area contributed by atoms with Gasteiger partial charge in [-0.25, -0.2) is 14.6 Å². The molecule has 3 heterocycles. The first-order valence-corrected chi connectivity index (χ1v) is 9.61. The molecule has 4 rings (SSSR count). The quantitative estimate of drug-likeness (QED) is 0.639. The number of likely N-dealkylation sites (tertiary alicyclic amines) is 1. The maximum atomic E-state index is 12.6. The molecule has 1 aromatic carbocycles. The maximum Gasteiger partial charge on any atom is 0.260 e. The minimum absolute atomic E-state index is 0.00121. The molecule has 1 aliphatic heterocycles. The third kappa shape index (κ3) is 4.00. The Morgan fingerprint density at radius 3 is 2.72 bits per heavy atom. The number of carbonyl (C=O) groups is 1. The molecule has 0 bridgehead atoms. The SMILES string of the molecule is COc1ccc(OCC(=O)N2CC[C@@H](c3nn(CCN)c4nccnc34)C2)cc1. The highest BCUT2D eigenvalue weighted by Crippen LogP contribution is 2.30. The summed E-state index contributed by atoms with van der Waals surface area (Å²) < 4.78 is 12.5. The summed E-state index contributed by atoms with van der Waals surface area (Å²) in [6, 6.07) is 7.17. The largest absolute Gasteiger partial charge is 0.497 e. The molecular formula is C20H24N6O3. The lowest BCUT2D eigenvalue weighted by Gasteiger charge is -2.16. The van der Waals surface area contributed by atoms with Gasteiger partial charge in [0.1, 0.15) is 17.0 Å². The molecule has 0 unspecified atom stereocenters. The average molecular weight is 396 g/mol. The van der Waals surface area contributed by atoms with Crippen LogP contribution in [0.1, 0.15) is 18.0 Å². The van der Waals surface area contributed by atoms with Gasteiger partial charge in [0.15, 0.2) is 12.3 Å². The zero-order valence-corrected chi connectivity index (χ0v) is 16.3. The van der Waals surface area contributed by atoms with Crippen molar-refractivity contribution in [2.45, 2.75) is 18.9 Å². The Morgan fingerprint density at radius 2 is 1.97 bits per heavy atom. The Kier molecular flexibility index (Phi) is 5.57. The van der Waals surface area contributed by atoms with Crippen molar-refractivity contribution in [2.24, 2.45) is 5.73 Å². The molecule has 0 aliphatic carbocycles. The second-order valence-electron chi connectivity index (χ2n) is 6.92. The maximum absolute atomic E-state index is 12.6. The summed E-state index contributed by atoms with van der Waals surface area (Å²) in [6.45, 7) is 2.32. The van der Waals surface area contributed by atoms with E-state index in [1.807, 2.05) is 4.90 Å². The van der Waals surface area contributed by atoms with Gasteiger partial charge in [-0.2, -0.15) is 5.10 Å². The Labute approximate surface area is 168 Å². The third-order valence-electron chi connectivity index (χ3n) is 5.08. The lowest BCUT2D eigenvalue weighted by atomic mass is 10.0. The van der Waals surface area contributed by atoms with E-state index >= 15 is 0 Å². The summed E-state index contributed by atoms with van der Waals surface area (Å²) in [5.41, 5.74) is 8.10. The van der Waals surface area contributed by atoms with Crippen LogP contribution in [0.15, 0.2) is 36.7 Å². The van der Waals surface area contributed by atoms with Gasteiger partial charge in [0.2, 0.25) is 0 Å². The van der Waals surface area contributed by atoms with Crippen molar-refractivity contribution < 1.29 is 14.3 Å². The van der Waals surface area contributed by atoms with E-state index in [2.05, 4.69) is 9.97 Å². The van der Waals surface area contributed by atoms with Gasteiger partial charge in [0, 0.05) is 37.9 Å². The van der Waals surface area contributed by atoms with Crippen molar-refractivity contribution in [2.75, 3.05) is 33.4 Å². The molecule has 1 atom stereocenters. The van der Waals surface area contributed by atoms with E-state index in [0.29, 0.717) is 31.9 Å². The lowest BCUT2D eigenvalue weighted by Crippen LogP contribution is -2.32. The van der Waals surface area contributed by atoms with Crippen LogP contribution in [0, 0.1) is 0 Å². The van der Waals surface area contributed by atoms with Crippen LogP contribution in [-0.2, 0) is 11.3 Å². The van der Waals surface area contributed by atoms with Crippen LogP contribution < -0.4 is 15.2 Å². The van der Waals surface area contributed by atoms with Gasteiger partial charge in [-0.3, -0.25) is 4.79 Å². The fourth-order valence-corrected chi connectivity index (χ4v) is 3.60. The fraction of sp³-hybridized carbons (Fsp3) is 0.400. The number of nitrogens with two attached hydrogens (primary N) is 1. The van der Waals surface area contributed by atoms with Crippen molar-refractivity contribution in [3.8, 4) is 11.5 Å². The number of amides is 1. The molecule has 1 amide bonds. The molecule has 3 aromatic rings. The zero-order chi connectivity index (χ0) is 20.2. The summed E-state index contributed by atoms with van der Waals surface area (Å²) in [7, 11) is 1.61. The van der Waals surface area contributed by atoms with Crippen LogP contribution in [0.3, 0.4) is 0 Å². The summed E-state index contributed by atoms with van der Waals surface area (Å²) in [5.74, 6) is 1.46. The van der Waals surface area contributed by atoms with E-state index in [1.165, 1.54) is 0 Å². The van der Waals surface area contributed by atoms with E-state index in [1.54, 1.807) is 48.5 Å². The molecule has 29 heavy (non-hydrogen) atoms. The Balaban J connectivity index is 1.41. The standard InChI is InChI=1S/C20H24N6O3/c1-28-15-2-4-16(5-3-15)29-13-17(27)25-10-6-14(12-25)18-19-20(23-9-8-22-19)26(24-18)11-7-21/h2-5,8-9,14H,6-7,10-13,21H2,1H3/t14-/m1/s1. The normalized spacial score (nSPS) is 16.3.